The van der Waals surface area contributed by atoms with E-state index in [1.807, 2.05) is 33.4 Å². The lowest BCUT2D eigenvalue weighted by atomic mass is 10.0. The third-order valence-electron chi connectivity index (χ3n) is 5.56. The Kier molecular flexibility index (Phi) is 6.25. The molecular formula is C25H25ClFN3O. The number of ether oxygens (including phenoxy) is 1. The number of methoxy groups -OCH3 is 1. The van der Waals surface area contributed by atoms with E-state index in [2.05, 4.69) is 31.2 Å². The number of benzene rings is 3. The summed E-state index contributed by atoms with van der Waals surface area (Å²) in [6, 6.07) is 21.1. The first kappa shape index (κ1) is 21.3. The highest BCUT2D eigenvalue weighted by Crippen LogP contribution is 2.23. The molecule has 0 aliphatic heterocycles. The van der Waals surface area contributed by atoms with Gasteiger partial charge in [-0.2, -0.15) is 0 Å². The minimum atomic E-state index is -0.452. The van der Waals surface area contributed by atoms with Crippen LogP contribution in [0.25, 0.3) is 11.0 Å². The first-order valence-corrected chi connectivity index (χ1v) is 10.6. The third-order valence-corrected chi connectivity index (χ3v) is 5.86. The number of halogens is 2. The van der Waals surface area contributed by atoms with E-state index >= 15 is 0 Å². The third kappa shape index (κ3) is 4.43. The number of nitrogens with zero attached hydrogens (tertiary/aromatic N) is 2. The molecule has 0 saturated heterocycles. The zero-order chi connectivity index (χ0) is 22.0. The van der Waals surface area contributed by atoms with Crippen LogP contribution in [0.5, 0.6) is 0 Å². The number of nitrogens with one attached hydrogen (secondary N) is 1. The summed E-state index contributed by atoms with van der Waals surface area (Å²) in [4.78, 5) is 0. The van der Waals surface area contributed by atoms with Crippen LogP contribution >= 0.6 is 11.6 Å². The maximum Gasteiger partial charge on any atom is 0.203 e. The highest BCUT2D eigenvalue weighted by Gasteiger charge is 2.19. The van der Waals surface area contributed by atoms with Gasteiger partial charge in [-0.05, 0) is 48.7 Å². The van der Waals surface area contributed by atoms with Crippen LogP contribution in [0.15, 0.2) is 66.7 Å². The van der Waals surface area contributed by atoms with E-state index in [0.717, 1.165) is 23.0 Å². The van der Waals surface area contributed by atoms with Gasteiger partial charge in [0, 0.05) is 7.11 Å². The lowest BCUT2D eigenvalue weighted by Gasteiger charge is -2.19. The van der Waals surface area contributed by atoms with E-state index in [-0.39, 0.29) is 11.1 Å². The highest BCUT2D eigenvalue weighted by atomic mass is 35.5. The zero-order valence-electron chi connectivity index (χ0n) is 17.6. The molecule has 6 heteroatoms. The maximum atomic E-state index is 14.0. The number of hydrogen-bond acceptors (Lipinski definition) is 2. The molecular weight excluding hydrogens is 413 g/mol. The van der Waals surface area contributed by atoms with Crippen LogP contribution in [0.2, 0.25) is 5.02 Å². The van der Waals surface area contributed by atoms with Crippen LogP contribution in [0.4, 0.5) is 4.39 Å². The molecule has 1 N–H and O–H groups in total. The Morgan fingerprint density at radius 1 is 1.00 bits per heavy atom. The molecule has 0 saturated carbocycles. The monoisotopic (exact) mass is 437 g/mol. The molecule has 0 radical (unpaired) electrons. The highest BCUT2D eigenvalue weighted by molar-refractivity contribution is 6.30. The second-order valence-corrected chi connectivity index (χ2v) is 8.22. The van der Waals surface area contributed by atoms with Gasteiger partial charge in [-0.1, -0.05) is 59.6 Å². The van der Waals surface area contributed by atoms with Crippen molar-refractivity contribution in [3.63, 3.8) is 0 Å². The molecule has 0 fully saturated rings. The van der Waals surface area contributed by atoms with Crippen molar-refractivity contribution in [1.29, 1.82) is 5.41 Å². The first-order valence-electron chi connectivity index (χ1n) is 10.2. The number of aryl methyl sites for hydroxylation is 1. The van der Waals surface area contributed by atoms with Gasteiger partial charge in [0.25, 0.3) is 0 Å². The minimum Gasteiger partial charge on any atom is -0.383 e. The van der Waals surface area contributed by atoms with Crippen molar-refractivity contribution in [3.8, 4) is 0 Å². The largest absolute Gasteiger partial charge is 0.383 e. The van der Waals surface area contributed by atoms with E-state index in [0.29, 0.717) is 18.8 Å². The second kappa shape index (κ2) is 9.08. The van der Waals surface area contributed by atoms with Gasteiger partial charge in [0.15, 0.2) is 0 Å². The number of imidazole rings is 1. The van der Waals surface area contributed by atoms with E-state index in [9.17, 15) is 4.39 Å². The molecule has 3 aromatic carbocycles. The standard InChI is InChI=1S/C25H25ClFN3O/c1-17-7-9-18(10-8-17)13-20(16-31-2)30-24-6-4-3-5-23(24)29(25(30)28)15-19-11-12-21(26)22(27)14-19/h3-12,14,20,28H,13,15-16H2,1-2H3. The van der Waals surface area contributed by atoms with Crippen LogP contribution in [0, 0.1) is 18.2 Å². The van der Waals surface area contributed by atoms with E-state index in [1.54, 1.807) is 19.2 Å². The molecule has 0 aliphatic rings. The lowest BCUT2D eigenvalue weighted by molar-refractivity contribution is 0.154. The van der Waals surface area contributed by atoms with Crippen molar-refractivity contribution in [2.75, 3.05) is 13.7 Å². The van der Waals surface area contributed by atoms with Crippen molar-refractivity contribution >= 4 is 22.6 Å². The molecule has 4 aromatic rings. The molecule has 0 bridgehead atoms. The molecule has 0 spiro atoms. The molecule has 1 unspecified atom stereocenters. The summed E-state index contributed by atoms with van der Waals surface area (Å²) < 4.78 is 23.4. The van der Waals surface area contributed by atoms with Crippen LogP contribution in [0.1, 0.15) is 22.7 Å². The van der Waals surface area contributed by atoms with Crippen molar-refractivity contribution in [2.45, 2.75) is 25.9 Å². The summed E-state index contributed by atoms with van der Waals surface area (Å²) >= 11 is 5.84. The number of fused-ring (bicyclic) bond motifs is 1. The molecule has 1 atom stereocenters. The van der Waals surface area contributed by atoms with E-state index < -0.39 is 5.82 Å². The van der Waals surface area contributed by atoms with Gasteiger partial charge in [-0.3, -0.25) is 5.41 Å². The van der Waals surface area contributed by atoms with E-state index in [4.69, 9.17) is 21.7 Å². The Morgan fingerprint density at radius 3 is 2.35 bits per heavy atom. The van der Waals surface area contributed by atoms with Gasteiger partial charge in [0.1, 0.15) is 5.82 Å². The Hall–Kier alpha value is -2.89. The number of hydrogen-bond donors (Lipinski definition) is 1. The molecule has 160 valence electrons. The predicted molar refractivity (Wildman–Crippen MR) is 122 cm³/mol. The number of aromatic nitrogens is 2. The number of para-hydroxylation sites is 2. The Bertz CT molecular complexity index is 1260. The Labute approximate surface area is 186 Å². The average Bonchev–Trinajstić information content (AvgIpc) is 3.03. The van der Waals surface area contributed by atoms with Gasteiger partial charge < -0.3 is 13.9 Å². The van der Waals surface area contributed by atoms with Crippen molar-refractivity contribution in [3.05, 3.63) is 99.9 Å². The van der Waals surface area contributed by atoms with Gasteiger partial charge in [0.05, 0.1) is 35.2 Å². The van der Waals surface area contributed by atoms with Crippen molar-refractivity contribution < 1.29 is 9.13 Å². The van der Waals surface area contributed by atoms with Crippen LogP contribution in [0.3, 0.4) is 0 Å². The molecule has 4 rings (SSSR count). The topological polar surface area (TPSA) is 42.9 Å². The second-order valence-electron chi connectivity index (χ2n) is 7.82. The van der Waals surface area contributed by atoms with Gasteiger partial charge >= 0.3 is 0 Å². The number of rotatable bonds is 7. The fourth-order valence-electron chi connectivity index (χ4n) is 4.02. The summed E-state index contributed by atoms with van der Waals surface area (Å²) in [6.07, 6.45) is 0.744. The van der Waals surface area contributed by atoms with Gasteiger partial charge in [-0.15, -0.1) is 0 Å². The molecule has 31 heavy (non-hydrogen) atoms. The van der Waals surface area contributed by atoms with Crippen LogP contribution in [-0.4, -0.2) is 22.9 Å². The maximum absolute atomic E-state index is 14.0. The predicted octanol–water partition coefficient (Wildman–Crippen LogP) is 5.50. The Morgan fingerprint density at radius 2 is 1.68 bits per heavy atom. The summed E-state index contributed by atoms with van der Waals surface area (Å²) in [5.74, 6) is -0.452. The van der Waals surface area contributed by atoms with Gasteiger partial charge in [0.2, 0.25) is 5.62 Å². The van der Waals surface area contributed by atoms with E-state index in [1.165, 1.54) is 17.2 Å². The summed E-state index contributed by atoms with van der Waals surface area (Å²) in [5.41, 5.74) is 5.39. The molecule has 0 aliphatic carbocycles. The zero-order valence-corrected chi connectivity index (χ0v) is 18.4. The average molecular weight is 438 g/mol. The fourth-order valence-corrected chi connectivity index (χ4v) is 4.14. The lowest BCUT2D eigenvalue weighted by Crippen LogP contribution is -2.31. The first-order chi connectivity index (χ1) is 15.0. The van der Waals surface area contributed by atoms with Crippen LogP contribution < -0.4 is 5.62 Å². The summed E-state index contributed by atoms with van der Waals surface area (Å²) in [5, 5.41) is 9.08. The summed E-state index contributed by atoms with van der Waals surface area (Å²) in [7, 11) is 1.68. The molecule has 1 aromatic heterocycles. The molecule has 0 amide bonds. The summed E-state index contributed by atoms with van der Waals surface area (Å²) in [6.45, 7) is 2.93. The molecule has 4 nitrogen and oxygen atoms in total. The SMILES string of the molecule is COCC(Cc1ccc(C)cc1)n1c(=N)n(Cc2ccc(Cl)c(F)c2)c2ccccc21. The molecule has 1 heterocycles. The van der Waals surface area contributed by atoms with Crippen molar-refractivity contribution in [2.24, 2.45) is 0 Å². The quantitative estimate of drug-likeness (QED) is 0.407. The smallest absolute Gasteiger partial charge is 0.203 e. The van der Waals surface area contributed by atoms with Crippen molar-refractivity contribution in [1.82, 2.24) is 9.13 Å². The Balaban J connectivity index is 1.79. The van der Waals surface area contributed by atoms with Crippen LogP contribution in [-0.2, 0) is 17.7 Å². The minimum absolute atomic E-state index is 0.0479. The normalized spacial score (nSPS) is 12.4. The fraction of sp³-hybridized carbons (Fsp3) is 0.240. The van der Waals surface area contributed by atoms with Gasteiger partial charge in [-0.25, -0.2) is 4.39 Å².